The van der Waals surface area contributed by atoms with Crippen molar-refractivity contribution >= 4 is 33.4 Å². The third-order valence-electron chi connectivity index (χ3n) is 3.61. The molecule has 3 aromatic rings. The molecular formula is C16H10N2O2S. The van der Waals surface area contributed by atoms with Gasteiger partial charge in [0.05, 0.1) is 33.4 Å². The fraction of sp³-hybridized carbons (Fsp3) is 0.0625. The molecule has 1 aromatic heterocycles. The van der Waals surface area contributed by atoms with E-state index in [0.29, 0.717) is 17.7 Å². The number of thiazole rings is 1. The van der Waals surface area contributed by atoms with E-state index < -0.39 is 0 Å². The number of carbonyl (C=O) groups excluding carboxylic acids is 2. The van der Waals surface area contributed by atoms with Crippen molar-refractivity contribution < 1.29 is 9.59 Å². The van der Waals surface area contributed by atoms with Crippen molar-refractivity contribution in [1.29, 1.82) is 0 Å². The lowest BCUT2D eigenvalue weighted by molar-refractivity contribution is 0.0642. The molecule has 4 nitrogen and oxygen atoms in total. The van der Waals surface area contributed by atoms with Crippen molar-refractivity contribution in [2.24, 2.45) is 0 Å². The van der Waals surface area contributed by atoms with Gasteiger partial charge in [-0.25, -0.2) is 4.98 Å². The van der Waals surface area contributed by atoms with E-state index in [9.17, 15) is 9.59 Å². The molecule has 102 valence electrons. The zero-order valence-corrected chi connectivity index (χ0v) is 11.8. The first-order valence-corrected chi connectivity index (χ1v) is 7.39. The van der Waals surface area contributed by atoms with Gasteiger partial charge in [0.2, 0.25) is 0 Å². The van der Waals surface area contributed by atoms with Crippen molar-refractivity contribution in [3.05, 3.63) is 64.7 Å². The minimum Gasteiger partial charge on any atom is -0.270 e. The number of amides is 2. The van der Waals surface area contributed by atoms with Crippen molar-refractivity contribution in [3.8, 4) is 0 Å². The second kappa shape index (κ2) is 4.49. The molecule has 0 radical (unpaired) electrons. The van der Waals surface area contributed by atoms with Crippen LogP contribution in [0, 0.1) is 0 Å². The zero-order chi connectivity index (χ0) is 14.4. The second-order valence-corrected chi connectivity index (χ2v) is 5.78. The molecule has 0 atom stereocenters. The van der Waals surface area contributed by atoms with Gasteiger partial charge in [0, 0.05) is 0 Å². The van der Waals surface area contributed by atoms with Gasteiger partial charge in [-0.2, -0.15) is 0 Å². The predicted octanol–water partition coefficient (Wildman–Crippen LogP) is 3.09. The van der Waals surface area contributed by atoms with Crippen LogP contribution >= 0.6 is 11.3 Å². The summed E-state index contributed by atoms with van der Waals surface area (Å²) in [6.07, 6.45) is 0. The Hall–Kier alpha value is -2.53. The summed E-state index contributed by atoms with van der Waals surface area (Å²) in [6.45, 7) is 0.292. The van der Waals surface area contributed by atoms with Crippen molar-refractivity contribution in [3.63, 3.8) is 0 Å². The summed E-state index contributed by atoms with van der Waals surface area (Å²) in [4.78, 5) is 30.2. The van der Waals surface area contributed by atoms with Gasteiger partial charge in [-0.3, -0.25) is 14.5 Å². The maximum Gasteiger partial charge on any atom is 0.261 e. The van der Waals surface area contributed by atoms with Gasteiger partial charge in [0.25, 0.3) is 11.8 Å². The summed E-state index contributed by atoms with van der Waals surface area (Å²) in [7, 11) is 0. The van der Waals surface area contributed by atoms with Crippen LogP contribution in [0.15, 0.2) is 48.0 Å². The normalized spacial score (nSPS) is 14.0. The Labute approximate surface area is 124 Å². The van der Waals surface area contributed by atoms with Crippen molar-refractivity contribution in [1.82, 2.24) is 9.88 Å². The molecule has 4 rings (SSSR count). The molecule has 0 saturated carbocycles. The molecule has 0 aliphatic carbocycles. The van der Waals surface area contributed by atoms with Crippen LogP contribution in [0.2, 0.25) is 0 Å². The van der Waals surface area contributed by atoms with E-state index in [1.807, 2.05) is 18.2 Å². The lowest BCUT2D eigenvalue weighted by atomic mass is 10.1. The molecule has 0 spiro atoms. The molecule has 2 aromatic carbocycles. The van der Waals surface area contributed by atoms with Gasteiger partial charge in [0.15, 0.2) is 0 Å². The van der Waals surface area contributed by atoms with Crippen molar-refractivity contribution in [2.45, 2.75) is 6.54 Å². The summed E-state index contributed by atoms with van der Waals surface area (Å²) in [5.41, 5.74) is 4.63. The van der Waals surface area contributed by atoms with Gasteiger partial charge in [-0.15, -0.1) is 11.3 Å². The number of carbonyl (C=O) groups is 2. The summed E-state index contributed by atoms with van der Waals surface area (Å²) >= 11 is 1.55. The average Bonchev–Trinajstić information content (AvgIpc) is 3.06. The van der Waals surface area contributed by atoms with Gasteiger partial charge >= 0.3 is 0 Å². The van der Waals surface area contributed by atoms with E-state index in [2.05, 4.69) is 4.98 Å². The number of nitrogens with zero attached hydrogens (tertiary/aromatic N) is 2. The first-order valence-electron chi connectivity index (χ1n) is 6.51. The van der Waals surface area contributed by atoms with E-state index in [1.165, 1.54) is 4.90 Å². The zero-order valence-electron chi connectivity index (χ0n) is 10.9. The molecule has 0 fully saturated rings. The van der Waals surface area contributed by atoms with Crippen LogP contribution in [0.5, 0.6) is 0 Å². The first-order chi connectivity index (χ1) is 10.2. The van der Waals surface area contributed by atoms with Crippen molar-refractivity contribution in [2.75, 3.05) is 0 Å². The number of imide groups is 1. The summed E-state index contributed by atoms with van der Waals surface area (Å²) < 4.78 is 1.06. The molecule has 0 N–H and O–H groups in total. The van der Waals surface area contributed by atoms with Gasteiger partial charge in [0.1, 0.15) is 0 Å². The Morgan fingerprint density at radius 1 is 1.00 bits per heavy atom. The molecule has 0 saturated heterocycles. The highest BCUT2D eigenvalue weighted by Crippen LogP contribution is 2.26. The van der Waals surface area contributed by atoms with E-state index >= 15 is 0 Å². The number of fused-ring (bicyclic) bond motifs is 2. The standard InChI is InChI=1S/C16H10N2O2S/c19-15-11-3-1-2-4-12(11)16(20)18(15)8-10-5-6-13-14(7-10)21-9-17-13/h1-7,9H,8H2. The maximum absolute atomic E-state index is 12.3. The van der Waals surface area contributed by atoms with Crippen LogP contribution in [-0.4, -0.2) is 21.7 Å². The maximum atomic E-state index is 12.3. The van der Waals surface area contributed by atoms with Gasteiger partial charge < -0.3 is 0 Å². The number of aromatic nitrogens is 1. The summed E-state index contributed by atoms with van der Waals surface area (Å²) in [5, 5.41) is 0. The largest absolute Gasteiger partial charge is 0.270 e. The van der Waals surface area contributed by atoms with E-state index in [4.69, 9.17) is 0 Å². The Morgan fingerprint density at radius 2 is 1.71 bits per heavy atom. The monoisotopic (exact) mass is 294 g/mol. The third kappa shape index (κ3) is 1.86. The highest BCUT2D eigenvalue weighted by atomic mass is 32.1. The van der Waals surface area contributed by atoms with Crippen LogP contribution in [0.3, 0.4) is 0 Å². The Balaban J connectivity index is 1.69. The summed E-state index contributed by atoms with van der Waals surface area (Å²) in [6, 6.07) is 12.7. The molecule has 2 amide bonds. The topological polar surface area (TPSA) is 50.3 Å². The fourth-order valence-corrected chi connectivity index (χ4v) is 3.30. The SMILES string of the molecule is O=C1c2ccccc2C(=O)N1Cc1ccc2ncsc2c1. The number of hydrogen-bond donors (Lipinski definition) is 0. The number of hydrogen-bond acceptors (Lipinski definition) is 4. The molecule has 2 heterocycles. The van der Waals surface area contributed by atoms with E-state index in [0.717, 1.165) is 15.8 Å². The first kappa shape index (κ1) is 12.2. The number of benzene rings is 2. The van der Waals surface area contributed by atoms with Crippen LogP contribution in [0.1, 0.15) is 26.3 Å². The fourth-order valence-electron chi connectivity index (χ4n) is 2.56. The van der Waals surface area contributed by atoms with E-state index in [1.54, 1.807) is 41.1 Å². The molecule has 0 bridgehead atoms. The molecular weight excluding hydrogens is 284 g/mol. The molecule has 1 aliphatic heterocycles. The Bertz CT molecular complexity index is 850. The Morgan fingerprint density at radius 3 is 2.43 bits per heavy atom. The van der Waals surface area contributed by atoms with Crippen LogP contribution in [0.4, 0.5) is 0 Å². The molecule has 0 unspecified atom stereocenters. The quantitative estimate of drug-likeness (QED) is 0.682. The van der Waals surface area contributed by atoms with Crippen LogP contribution in [-0.2, 0) is 6.54 Å². The minimum absolute atomic E-state index is 0.222. The lowest BCUT2D eigenvalue weighted by Gasteiger charge is -2.13. The van der Waals surface area contributed by atoms with Gasteiger partial charge in [-0.05, 0) is 29.8 Å². The van der Waals surface area contributed by atoms with Crippen LogP contribution in [0.25, 0.3) is 10.2 Å². The van der Waals surface area contributed by atoms with Gasteiger partial charge in [-0.1, -0.05) is 18.2 Å². The molecule has 21 heavy (non-hydrogen) atoms. The predicted molar refractivity (Wildman–Crippen MR) is 80.3 cm³/mol. The third-order valence-corrected chi connectivity index (χ3v) is 4.41. The summed E-state index contributed by atoms with van der Waals surface area (Å²) in [5.74, 6) is -0.444. The van der Waals surface area contributed by atoms with Crippen LogP contribution < -0.4 is 0 Å². The average molecular weight is 294 g/mol. The second-order valence-electron chi connectivity index (χ2n) is 4.90. The highest BCUT2D eigenvalue weighted by Gasteiger charge is 2.34. The molecule has 1 aliphatic rings. The van der Waals surface area contributed by atoms with E-state index in [-0.39, 0.29) is 11.8 Å². The smallest absolute Gasteiger partial charge is 0.261 e. The lowest BCUT2D eigenvalue weighted by Crippen LogP contribution is -2.29. The minimum atomic E-state index is -0.222. The molecule has 5 heteroatoms. The highest BCUT2D eigenvalue weighted by molar-refractivity contribution is 7.16. The number of rotatable bonds is 2. The Kier molecular flexibility index (Phi) is 2.62.